The highest BCUT2D eigenvalue weighted by Gasteiger charge is 2.18. The van der Waals surface area contributed by atoms with Crippen molar-refractivity contribution in [1.29, 1.82) is 0 Å². The third-order valence-corrected chi connectivity index (χ3v) is 5.48. The Morgan fingerprint density at radius 2 is 1.86 bits per heavy atom. The molecule has 3 rings (SSSR count). The van der Waals surface area contributed by atoms with E-state index in [1.165, 1.54) is 10.6 Å². The summed E-state index contributed by atoms with van der Waals surface area (Å²) in [6.45, 7) is 5.42. The smallest absolute Gasteiger partial charge is 0.336 e. The van der Waals surface area contributed by atoms with Gasteiger partial charge in [0.25, 0.3) is 5.56 Å². The molecule has 1 aromatic heterocycles. The summed E-state index contributed by atoms with van der Waals surface area (Å²) < 4.78 is 2.28. The van der Waals surface area contributed by atoms with E-state index in [1.807, 2.05) is 20.8 Å². The first kappa shape index (κ1) is 21.1. The van der Waals surface area contributed by atoms with Crippen molar-refractivity contribution in [3.8, 4) is 5.69 Å². The topological polar surface area (TPSA) is 73.1 Å². The van der Waals surface area contributed by atoms with Gasteiger partial charge in [-0.25, -0.2) is 9.36 Å². The number of halogens is 2. The fourth-order valence-corrected chi connectivity index (χ4v) is 3.35. The van der Waals surface area contributed by atoms with E-state index in [0.717, 1.165) is 16.6 Å². The van der Waals surface area contributed by atoms with E-state index in [2.05, 4.69) is 5.32 Å². The fourth-order valence-electron chi connectivity index (χ4n) is 3.01. The van der Waals surface area contributed by atoms with Crippen molar-refractivity contribution in [2.45, 2.75) is 39.8 Å². The van der Waals surface area contributed by atoms with Crippen molar-refractivity contribution in [2.75, 3.05) is 0 Å². The average molecular weight is 434 g/mol. The molecule has 1 amide bonds. The van der Waals surface area contributed by atoms with Gasteiger partial charge in [-0.05, 0) is 56.2 Å². The molecule has 0 aliphatic carbocycles. The molecule has 152 valence electrons. The highest BCUT2D eigenvalue weighted by molar-refractivity contribution is 6.31. The number of hydrogen-bond donors (Lipinski definition) is 1. The first-order chi connectivity index (χ1) is 13.7. The summed E-state index contributed by atoms with van der Waals surface area (Å²) in [7, 11) is 0. The summed E-state index contributed by atoms with van der Waals surface area (Å²) in [5, 5.41) is 3.92. The number of carbonyl (C=O) groups excluding carboxylic acids is 1. The van der Waals surface area contributed by atoms with Gasteiger partial charge in [0.1, 0.15) is 6.54 Å². The monoisotopic (exact) mass is 433 g/mol. The van der Waals surface area contributed by atoms with Gasteiger partial charge in [0.15, 0.2) is 0 Å². The lowest BCUT2D eigenvalue weighted by molar-refractivity contribution is -0.122. The molecule has 1 unspecified atom stereocenters. The third kappa shape index (κ3) is 4.23. The third-order valence-electron chi connectivity index (χ3n) is 4.84. The van der Waals surface area contributed by atoms with E-state index in [4.69, 9.17) is 23.2 Å². The van der Waals surface area contributed by atoms with Crippen molar-refractivity contribution in [1.82, 2.24) is 14.5 Å². The summed E-state index contributed by atoms with van der Waals surface area (Å²) in [5.74, 6) is -0.324. The van der Waals surface area contributed by atoms with Crippen LogP contribution in [0.3, 0.4) is 0 Å². The molecule has 0 saturated heterocycles. The van der Waals surface area contributed by atoms with E-state index in [1.54, 1.807) is 30.3 Å². The lowest BCUT2D eigenvalue weighted by Gasteiger charge is -2.16. The largest absolute Gasteiger partial charge is 0.352 e. The van der Waals surface area contributed by atoms with Gasteiger partial charge in [-0.15, -0.1) is 0 Å². The molecular weight excluding hydrogens is 413 g/mol. The van der Waals surface area contributed by atoms with Crippen LogP contribution in [0.2, 0.25) is 10.0 Å². The van der Waals surface area contributed by atoms with Gasteiger partial charge >= 0.3 is 5.69 Å². The van der Waals surface area contributed by atoms with Crippen LogP contribution in [0.5, 0.6) is 0 Å². The van der Waals surface area contributed by atoms with Crippen LogP contribution in [0.15, 0.2) is 46.0 Å². The number of nitrogens with zero attached hydrogens (tertiary/aromatic N) is 2. The highest BCUT2D eigenvalue weighted by Crippen LogP contribution is 2.20. The average Bonchev–Trinajstić information content (AvgIpc) is 2.67. The molecule has 1 atom stereocenters. The Morgan fingerprint density at radius 1 is 1.14 bits per heavy atom. The molecule has 0 radical (unpaired) electrons. The minimum atomic E-state index is -0.635. The van der Waals surface area contributed by atoms with E-state index >= 15 is 0 Å². The molecular formula is C21H21Cl2N3O3. The van der Waals surface area contributed by atoms with Crippen molar-refractivity contribution in [2.24, 2.45) is 0 Å². The Labute approximate surface area is 177 Å². The SMILES string of the molecule is CCC(C)NC(=O)Cn1c(=O)n(-c2ccc(C)c(Cl)c2)c(=O)c2ccc(Cl)cc21. The molecule has 3 aromatic rings. The number of amides is 1. The molecule has 0 aliphatic heterocycles. The van der Waals surface area contributed by atoms with Gasteiger partial charge in [0, 0.05) is 16.1 Å². The van der Waals surface area contributed by atoms with Gasteiger partial charge in [0.05, 0.1) is 16.6 Å². The minimum Gasteiger partial charge on any atom is -0.352 e. The van der Waals surface area contributed by atoms with E-state index < -0.39 is 11.2 Å². The van der Waals surface area contributed by atoms with Crippen LogP contribution < -0.4 is 16.6 Å². The molecule has 1 N–H and O–H groups in total. The number of carbonyl (C=O) groups is 1. The minimum absolute atomic E-state index is 0.0325. The molecule has 0 spiro atoms. The zero-order chi connectivity index (χ0) is 21.3. The lowest BCUT2D eigenvalue weighted by atomic mass is 10.2. The molecule has 0 fully saturated rings. The zero-order valence-electron chi connectivity index (χ0n) is 16.3. The number of benzene rings is 2. The van der Waals surface area contributed by atoms with Crippen LogP contribution in [-0.4, -0.2) is 21.1 Å². The predicted octanol–water partition coefficient (Wildman–Crippen LogP) is 3.68. The van der Waals surface area contributed by atoms with Crippen molar-refractivity contribution in [3.05, 3.63) is 72.8 Å². The maximum atomic E-state index is 13.3. The molecule has 1 heterocycles. The Balaban J connectivity index is 2.27. The number of aryl methyl sites for hydroxylation is 1. The molecule has 0 aliphatic rings. The molecule has 8 heteroatoms. The van der Waals surface area contributed by atoms with Crippen molar-refractivity contribution in [3.63, 3.8) is 0 Å². The quantitative estimate of drug-likeness (QED) is 0.666. The predicted molar refractivity (Wildman–Crippen MR) is 116 cm³/mol. The maximum absolute atomic E-state index is 13.3. The number of nitrogens with one attached hydrogen (secondary N) is 1. The second kappa shape index (κ2) is 8.43. The molecule has 2 aromatic carbocycles. The van der Waals surface area contributed by atoms with E-state index in [-0.39, 0.29) is 23.9 Å². The van der Waals surface area contributed by atoms with E-state index in [0.29, 0.717) is 21.2 Å². The van der Waals surface area contributed by atoms with Gasteiger partial charge in [0.2, 0.25) is 5.91 Å². The highest BCUT2D eigenvalue weighted by atomic mass is 35.5. The molecule has 0 saturated carbocycles. The van der Waals surface area contributed by atoms with Gasteiger partial charge < -0.3 is 5.32 Å². The Hall–Kier alpha value is -2.57. The van der Waals surface area contributed by atoms with Gasteiger partial charge in [-0.2, -0.15) is 0 Å². The summed E-state index contributed by atoms with van der Waals surface area (Å²) in [5.41, 5.74) is 0.332. The van der Waals surface area contributed by atoms with Crippen LogP contribution in [0.4, 0.5) is 0 Å². The van der Waals surface area contributed by atoms with Crippen molar-refractivity contribution < 1.29 is 4.79 Å². The summed E-state index contributed by atoms with van der Waals surface area (Å²) in [4.78, 5) is 38.8. The van der Waals surface area contributed by atoms with Crippen LogP contribution in [0.25, 0.3) is 16.6 Å². The Morgan fingerprint density at radius 3 is 2.52 bits per heavy atom. The van der Waals surface area contributed by atoms with Crippen LogP contribution in [-0.2, 0) is 11.3 Å². The number of rotatable bonds is 5. The second-order valence-corrected chi connectivity index (χ2v) is 7.82. The molecule has 6 nitrogen and oxygen atoms in total. The number of fused-ring (bicyclic) bond motifs is 1. The standard InChI is InChI=1S/C21H21Cl2N3O3/c1-4-13(3)24-19(27)11-25-18-9-14(22)6-8-16(18)20(28)26(21(25)29)15-7-5-12(2)17(23)10-15/h5-10,13H,4,11H2,1-3H3,(H,24,27). The number of aromatic nitrogens is 2. The number of hydrogen-bond acceptors (Lipinski definition) is 3. The lowest BCUT2D eigenvalue weighted by Crippen LogP contribution is -2.43. The second-order valence-electron chi connectivity index (χ2n) is 6.98. The Kier molecular flexibility index (Phi) is 6.15. The molecule has 0 bridgehead atoms. The molecule has 29 heavy (non-hydrogen) atoms. The van der Waals surface area contributed by atoms with Crippen molar-refractivity contribution >= 4 is 40.0 Å². The van der Waals surface area contributed by atoms with Crippen LogP contribution in [0, 0.1) is 6.92 Å². The van der Waals surface area contributed by atoms with E-state index in [9.17, 15) is 14.4 Å². The Bertz CT molecular complexity index is 1210. The zero-order valence-corrected chi connectivity index (χ0v) is 17.8. The normalized spacial score (nSPS) is 12.2. The summed E-state index contributed by atoms with van der Waals surface area (Å²) in [6.07, 6.45) is 0.759. The van der Waals surface area contributed by atoms with Crippen LogP contribution in [0.1, 0.15) is 25.8 Å². The summed E-state index contributed by atoms with van der Waals surface area (Å²) in [6, 6.07) is 9.55. The summed E-state index contributed by atoms with van der Waals surface area (Å²) >= 11 is 12.3. The first-order valence-electron chi connectivity index (χ1n) is 9.24. The fraction of sp³-hybridized carbons (Fsp3) is 0.286. The first-order valence-corrected chi connectivity index (χ1v) is 9.99. The van der Waals surface area contributed by atoms with Gasteiger partial charge in [-0.1, -0.05) is 36.2 Å². The van der Waals surface area contributed by atoms with Gasteiger partial charge in [-0.3, -0.25) is 14.2 Å². The van der Waals surface area contributed by atoms with Crippen LogP contribution >= 0.6 is 23.2 Å². The maximum Gasteiger partial charge on any atom is 0.336 e.